The lowest BCUT2D eigenvalue weighted by Gasteiger charge is -2.38. The Balaban J connectivity index is 1.85. The van der Waals surface area contributed by atoms with Gasteiger partial charge in [0.25, 0.3) is 0 Å². The Morgan fingerprint density at radius 1 is 1.13 bits per heavy atom. The Morgan fingerprint density at radius 3 is 2.35 bits per heavy atom. The van der Waals surface area contributed by atoms with Crippen LogP contribution in [-0.2, 0) is 10.5 Å². The molecule has 3 rings (SSSR count). The largest absolute Gasteiger partial charge is 0.481 e. The van der Waals surface area contributed by atoms with E-state index in [1.807, 2.05) is 47.4 Å². The van der Waals surface area contributed by atoms with E-state index in [1.165, 1.54) is 0 Å². The molecule has 0 bridgehead atoms. The number of alkyl halides is 1. The minimum Gasteiger partial charge on any atom is -0.481 e. The summed E-state index contributed by atoms with van der Waals surface area (Å²) >= 11 is 0. The molecule has 2 aromatic carbocycles. The first-order chi connectivity index (χ1) is 10.8. The average molecular weight is 313 g/mol. The van der Waals surface area contributed by atoms with Crippen molar-refractivity contribution in [1.82, 2.24) is 0 Å². The number of benzene rings is 2. The number of nitrogens with zero attached hydrogens (tertiary/aromatic N) is 1. The summed E-state index contributed by atoms with van der Waals surface area (Å²) in [5.74, 6) is -1.02. The van der Waals surface area contributed by atoms with Gasteiger partial charge in [-0.2, -0.15) is 0 Å². The van der Waals surface area contributed by atoms with Crippen molar-refractivity contribution in [2.24, 2.45) is 5.92 Å². The van der Waals surface area contributed by atoms with Gasteiger partial charge in [0.05, 0.1) is 5.92 Å². The second-order valence-electron chi connectivity index (χ2n) is 6.54. The number of carboxylic acid groups (broad SMARTS) is 1. The molecule has 0 saturated carbocycles. The highest BCUT2D eigenvalue weighted by Crippen LogP contribution is 2.32. The number of halogens is 1. The molecule has 0 atom stereocenters. The lowest BCUT2D eigenvalue weighted by Crippen LogP contribution is -2.50. The highest BCUT2D eigenvalue weighted by atomic mass is 19.1. The highest BCUT2D eigenvalue weighted by Gasteiger charge is 2.32. The molecule has 1 fully saturated rings. The number of carbonyl (C=O) groups is 1. The third-order valence-corrected chi connectivity index (χ3v) is 4.32. The third kappa shape index (κ3) is 3.21. The van der Waals surface area contributed by atoms with Crippen LogP contribution >= 0.6 is 0 Å². The lowest BCUT2D eigenvalue weighted by atomic mass is 9.94. The van der Waals surface area contributed by atoms with Crippen molar-refractivity contribution >= 4 is 11.7 Å². The Kier molecular flexibility index (Phi) is 3.84. The Hall–Kier alpha value is -2.36. The van der Waals surface area contributed by atoms with Crippen molar-refractivity contribution in [3.8, 4) is 11.1 Å². The molecule has 1 aliphatic heterocycles. The summed E-state index contributed by atoms with van der Waals surface area (Å²) in [6.45, 7) is 4.18. The minimum absolute atomic E-state index is 0.283. The first kappa shape index (κ1) is 15.5. The molecule has 0 aliphatic carbocycles. The Labute approximate surface area is 135 Å². The van der Waals surface area contributed by atoms with Crippen molar-refractivity contribution in [3.63, 3.8) is 0 Å². The molecule has 1 heterocycles. The predicted octanol–water partition coefficient (Wildman–Crippen LogP) is 4.08. The lowest BCUT2D eigenvalue weighted by molar-refractivity contribution is -0.142. The van der Waals surface area contributed by atoms with E-state index in [9.17, 15) is 9.18 Å². The molecule has 0 spiro atoms. The first-order valence-corrected chi connectivity index (χ1v) is 7.72. The number of aliphatic carboxylic acids is 1. The summed E-state index contributed by atoms with van der Waals surface area (Å²) in [6.07, 6.45) is 0. The van der Waals surface area contributed by atoms with Crippen LogP contribution in [0.4, 0.5) is 10.1 Å². The van der Waals surface area contributed by atoms with Gasteiger partial charge in [-0.05, 0) is 48.7 Å². The Morgan fingerprint density at radius 2 is 1.74 bits per heavy atom. The fourth-order valence-corrected chi connectivity index (χ4v) is 2.80. The molecule has 4 heteroatoms. The van der Waals surface area contributed by atoms with E-state index in [0.717, 1.165) is 16.8 Å². The fraction of sp³-hybridized carbons (Fsp3) is 0.316. The standard InChI is InChI=1S/C19H20FNO2/c1-19(2,20)16-7-3-5-13(9-16)14-6-4-8-17(10-14)21-11-15(12-21)18(22)23/h3-10,15H,11-12H2,1-2H3,(H,22,23). The summed E-state index contributed by atoms with van der Waals surface area (Å²) in [5, 5.41) is 8.98. The second-order valence-corrected chi connectivity index (χ2v) is 6.54. The SMILES string of the molecule is CC(C)(F)c1cccc(-c2cccc(N3CC(C(=O)O)C3)c2)c1. The maximum Gasteiger partial charge on any atom is 0.310 e. The molecule has 120 valence electrons. The van der Waals surface area contributed by atoms with E-state index in [4.69, 9.17) is 5.11 Å². The minimum atomic E-state index is -1.38. The van der Waals surface area contributed by atoms with Gasteiger partial charge in [0, 0.05) is 18.8 Å². The molecule has 2 aromatic rings. The van der Waals surface area contributed by atoms with E-state index in [-0.39, 0.29) is 5.92 Å². The zero-order valence-corrected chi connectivity index (χ0v) is 13.3. The van der Waals surface area contributed by atoms with Crippen LogP contribution in [0.3, 0.4) is 0 Å². The smallest absolute Gasteiger partial charge is 0.310 e. The normalized spacial score (nSPS) is 15.3. The van der Waals surface area contributed by atoms with E-state index in [0.29, 0.717) is 18.7 Å². The van der Waals surface area contributed by atoms with Crippen LogP contribution in [0.5, 0.6) is 0 Å². The van der Waals surface area contributed by atoms with Crippen molar-refractivity contribution in [2.45, 2.75) is 19.5 Å². The van der Waals surface area contributed by atoms with Gasteiger partial charge >= 0.3 is 5.97 Å². The average Bonchev–Trinajstić information content (AvgIpc) is 2.45. The van der Waals surface area contributed by atoms with E-state index in [2.05, 4.69) is 0 Å². The molecule has 1 N–H and O–H groups in total. The predicted molar refractivity (Wildman–Crippen MR) is 89.4 cm³/mol. The van der Waals surface area contributed by atoms with Gasteiger partial charge in [-0.3, -0.25) is 4.79 Å². The number of rotatable bonds is 4. The summed E-state index contributed by atoms with van der Waals surface area (Å²) in [5.41, 5.74) is 2.25. The number of carboxylic acids is 1. The van der Waals surface area contributed by atoms with E-state index >= 15 is 0 Å². The van der Waals surface area contributed by atoms with Crippen LogP contribution in [0.1, 0.15) is 19.4 Å². The van der Waals surface area contributed by atoms with Crippen LogP contribution in [0.2, 0.25) is 0 Å². The number of hydrogen-bond donors (Lipinski definition) is 1. The molecular weight excluding hydrogens is 293 g/mol. The molecule has 23 heavy (non-hydrogen) atoms. The summed E-state index contributed by atoms with van der Waals surface area (Å²) < 4.78 is 14.1. The van der Waals surface area contributed by atoms with Crippen LogP contribution in [-0.4, -0.2) is 24.2 Å². The van der Waals surface area contributed by atoms with Crippen molar-refractivity contribution < 1.29 is 14.3 Å². The number of anilines is 1. The van der Waals surface area contributed by atoms with E-state index in [1.54, 1.807) is 19.9 Å². The fourth-order valence-electron chi connectivity index (χ4n) is 2.80. The van der Waals surface area contributed by atoms with Gasteiger partial charge < -0.3 is 10.0 Å². The molecule has 1 aliphatic rings. The zero-order chi connectivity index (χ0) is 16.6. The third-order valence-electron chi connectivity index (χ3n) is 4.32. The molecule has 0 aromatic heterocycles. The summed E-state index contributed by atoms with van der Waals surface area (Å²) in [4.78, 5) is 13.0. The molecule has 0 amide bonds. The monoisotopic (exact) mass is 313 g/mol. The van der Waals surface area contributed by atoms with Gasteiger partial charge in [-0.15, -0.1) is 0 Å². The molecular formula is C19H20FNO2. The van der Waals surface area contributed by atoms with Crippen LogP contribution in [0.15, 0.2) is 48.5 Å². The molecule has 3 nitrogen and oxygen atoms in total. The van der Waals surface area contributed by atoms with Crippen molar-refractivity contribution in [2.75, 3.05) is 18.0 Å². The van der Waals surface area contributed by atoms with E-state index < -0.39 is 11.6 Å². The summed E-state index contributed by atoms with van der Waals surface area (Å²) in [7, 11) is 0. The second kappa shape index (κ2) is 5.69. The van der Waals surface area contributed by atoms with Crippen molar-refractivity contribution in [1.29, 1.82) is 0 Å². The highest BCUT2D eigenvalue weighted by molar-refractivity contribution is 5.76. The van der Waals surface area contributed by atoms with Crippen LogP contribution in [0.25, 0.3) is 11.1 Å². The molecule has 1 saturated heterocycles. The molecule has 0 unspecified atom stereocenters. The van der Waals surface area contributed by atoms with Crippen molar-refractivity contribution in [3.05, 3.63) is 54.1 Å². The number of hydrogen-bond acceptors (Lipinski definition) is 2. The van der Waals surface area contributed by atoms with Gasteiger partial charge in [-0.1, -0.05) is 30.3 Å². The van der Waals surface area contributed by atoms with Crippen LogP contribution in [0, 0.1) is 5.92 Å². The Bertz CT molecular complexity index is 730. The molecule has 0 radical (unpaired) electrons. The maximum absolute atomic E-state index is 14.1. The zero-order valence-electron chi connectivity index (χ0n) is 13.3. The first-order valence-electron chi connectivity index (χ1n) is 7.72. The van der Waals surface area contributed by atoms with Gasteiger partial charge in [0.15, 0.2) is 0 Å². The van der Waals surface area contributed by atoms with Gasteiger partial charge in [-0.25, -0.2) is 4.39 Å². The quantitative estimate of drug-likeness (QED) is 0.924. The topological polar surface area (TPSA) is 40.5 Å². The van der Waals surface area contributed by atoms with Crippen LogP contribution < -0.4 is 4.90 Å². The van der Waals surface area contributed by atoms with Gasteiger partial charge in [0.1, 0.15) is 5.67 Å². The summed E-state index contributed by atoms with van der Waals surface area (Å²) in [6, 6.07) is 15.4. The maximum atomic E-state index is 14.1. The van der Waals surface area contributed by atoms with Gasteiger partial charge in [0.2, 0.25) is 0 Å².